The van der Waals surface area contributed by atoms with Gasteiger partial charge in [0.25, 0.3) is 5.91 Å². The van der Waals surface area contributed by atoms with Crippen LogP contribution in [0.2, 0.25) is 0 Å². The third kappa shape index (κ3) is 18.0. The van der Waals surface area contributed by atoms with Gasteiger partial charge in [0.15, 0.2) is 24.5 Å². The van der Waals surface area contributed by atoms with Gasteiger partial charge in [0, 0.05) is 25.0 Å². The van der Waals surface area contributed by atoms with Gasteiger partial charge in [0.05, 0.1) is 63.1 Å². The van der Waals surface area contributed by atoms with E-state index in [0.29, 0.717) is 19.4 Å². The van der Waals surface area contributed by atoms with Crippen LogP contribution in [-0.4, -0.2) is 201 Å². The molecule has 426 valence electrons. The van der Waals surface area contributed by atoms with Gasteiger partial charge < -0.3 is 88.2 Å². The highest BCUT2D eigenvalue weighted by Crippen LogP contribution is 2.38. The molecule has 4 heterocycles. The second-order valence-electron chi connectivity index (χ2n) is 24.8. The van der Waals surface area contributed by atoms with E-state index in [1.807, 2.05) is 6.92 Å². The molecule has 4 saturated heterocycles. The van der Waals surface area contributed by atoms with Gasteiger partial charge in [-0.2, -0.15) is 0 Å². The topological polar surface area (TPSA) is 289 Å². The highest BCUT2D eigenvalue weighted by Gasteiger charge is 2.56. The molecule has 5 aliphatic rings. The summed E-state index contributed by atoms with van der Waals surface area (Å²) >= 11 is 0. The van der Waals surface area contributed by atoms with Gasteiger partial charge in [-0.15, -0.1) is 0 Å². The van der Waals surface area contributed by atoms with Crippen LogP contribution in [0.15, 0.2) is 0 Å². The van der Waals surface area contributed by atoms with Crippen molar-refractivity contribution in [2.24, 2.45) is 11.8 Å². The van der Waals surface area contributed by atoms with Crippen molar-refractivity contribution in [1.82, 2.24) is 20.4 Å². The molecular weight excluding hydrogens is 973 g/mol. The molecule has 6 N–H and O–H groups in total. The molecule has 0 spiro atoms. The predicted octanol–water partition coefficient (Wildman–Crippen LogP) is 3.62. The van der Waals surface area contributed by atoms with Gasteiger partial charge in [-0.05, 0) is 129 Å². The molecule has 23 heteroatoms. The number of aliphatic hydroxyl groups excluding tert-OH is 2. The Morgan fingerprint density at radius 2 is 1.32 bits per heavy atom. The fraction of sp³-hybridized carbons (Fsp3) is 0.902. The monoisotopic (exact) mass is 1060 g/mol. The van der Waals surface area contributed by atoms with Crippen molar-refractivity contribution in [3.05, 3.63) is 0 Å². The van der Waals surface area contributed by atoms with Gasteiger partial charge in [0.2, 0.25) is 0 Å². The van der Waals surface area contributed by atoms with E-state index in [4.69, 9.17) is 47.4 Å². The van der Waals surface area contributed by atoms with E-state index in [1.165, 1.54) is 11.8 Å². The predicted molar refractivity (Wildman–Crippen MR) is 263 cm³/mol. The van der Waals surface area contributed by atoms with Crippen LogP contribution in [0.1, 0.15) is 142 Å². The second-order valence-corrected chi connectivity index (χ2v) is 24.8. The first-order chi connectivity index (χ1) is 34.0. The third-order valence-corrected chi connectivity index (χ3v) is 13.0. The van der Waals surface area contributed by atoms with Crippen molar-refractivity contribution >= 4 is 30.2 Å². The van der Waals surface area contributed by atoms with E-state index >= 15 is 0 Å². The lowest BCUT2D eigenvalue weighted by atomic mass is 9.80. The molecule has 7 unspecified atom stereocenters. The molecule has 13 atom stereocenters. The molecule has 74 heavy (non-hydrogen) atoms. The average Bonchev–Trinajstić information content (AvgIpc) is 3.23. The van der Waals surface area contributed by atoms with Crippen LogP contribution in [0, 0.1) is 11.8 Å². The maximum atomic E-state index is 14.1. The molecule has 0 aromatic carbocycles. The molecule has 23 nitrogen and oxygen atoms in total. The number of aliphatic hydroxyl groups is 4. The van der Waals surface area contributed by atoms with Crippen LogP contribution in [-0.2, 0) is 57.0 Å². The van der Waals surface area contributed by atoms with Crippen LogP contribution < -0.4 is 10.6 Å². The van der Waals surface area contributed by atoms with Crippen LogP contribution in [0.25, 0.3) is 0 Å². The maximum absolute atomic E-state index is 14.1. The molecule has 5 rings (SSSR count). The van der Waals surface area contributed by atoms with Crippen molar-refractivity contribution in [3.8, 4) is 0 Å². The summed E-state index contributed by atoms with van der Waals surface area (Å²) in [5, 5.41) is 53.0. The lowest BCUT2D eigenvalue weighted by Gasteiger charge is -2.50. The molecule has 4 aliphatic heterocycles. The van der Waals surface area contributed by atoms with Gasteiger partial charge in [-0.25, -0.2) is 14.4 Å². The number of hydrogen-bond acceptors (Lipinski definition) is 19. The van der Waals surface area contributed by atoms with E-state index in [9.17, 15) is 44.4 Å². The number of carbonyl (C=O) groups excluding carboxylic acids is 5. The molecule has 0 aromatic heterocycles. The summed E-state index contributed by atoms with van der Waals surface area (Å²) in [5.41, 5.74) is -7.36. The average molecular weight is 1060 g/mol. The van der Waals surface area contributed by atoms with E-state index in [-0.39, 0.29) is 38.3 Å². The zero-order valence-electron chi connectivity index (χ0n) is 46.1. The van der Waals surface area contributed by atoms with Crippen LogP contribution >= 0.6 is 0 Å². The fourth-order valence-electron chi connectivity index (χ4n) is 9.37. The first-order valence-electron chi connectivity index (χ1n) is 26.1. The molecule has 5 fully saturated rings. The Hall–Kier alpha value is -3.65. The van der Waals surface area contributed by atoms with Gasteiger partial charge >= 0.3 is 24.2 Å². The fourth-order valence-corrected chi connectivity index (χ4v) is 9.37. The SMILES string of the molecule is CC1CC[C@@H](CN(CCOC2CCCCO2)C(=O)OC(C)(C)C)O[C@@H]1OC1C(O)C(O[C@H]2OCC(C)(O)[C@H](CC(=O)OC(C)(C)C)C2O)[C@H](NC(=O)C2(O)CN(C(=O)OC(C)(C)C)C2)C[C@@H]1NC(=O)OC(C)(C)C. The largest absolute Gasteiger partial charge is 0.460 e. The zero-order valence-corrected chi connectivity index (χ0v) is 46.1. The Labute approximate surface area is 436 Å². The molecule has 1 aliphatic carbocycles. The minimum Gasteiger partial charge on any atom is -0.460 e. The summed E-state index contributed by atoms with van der Waals surface area (Å²) in [7, 11) is 0. The number of esters is 1. The summed E-state index contributed by atoms with van der Waals surface area (Å²) in [6.45, 7) is 23.4. The first kappa shape index (κ1) is 61.2. The number of rotatable bonds is 15. The third-order valence-electron chi connectivity index (χ3n) is 13.0. The molecule has 0 bridgehead atoms. The summed E-state index contributed by atoms with van der Waals surface area (Å²) in [6, 6.07) is -2.45. The minimum absolute atomic E-state index is 0.0858. The lowest BCUT2D eigenvalue weighted by Crippen LogP contribution is -2.73. The smallest absolute Gasteiger partial charge is 0.410 e. The van der Waals surface area contributed by atoms with Crippen molar-refractivity contribution in [1.29, 1.82) is 0 Å². The maximum Gasteiger partial charge on any atom is 0.410 e. The molecule has 0 aromatic rings. The van der Waals surface area contributed by atoms with E-state index in [2.05, 4.69) is 10.6 Å². The van der Waals surface area contributed by atoms with Crippen molar-refractivity contribution in [2.75, 3.05) is 46.0 Å². The number of ether oxygens (including phenoxy) is 10. The molecule has 4 amide bonds. The number of hydrogen-bond donors (Lipinski definition) is 6. The van der Waals surface area contributed by atoms with Crippen LogP contribution in [0.3, 0.4) is 0 Å². The van der Waals surface area contributed by atoms with Gasteiger partial charge in [-0.3, -0.25) is 9.59 Å². The van der Waals surface area contributed by atoms with E-state index in [0.717, 1.165) is 24.2 Å². The summed E-state index contributed by atoms with van der Waals surface area (Å²) in [5.74, 6) is -3.17. The molecular formula is C51H88N4O19. The number of β-amino-alcohol motifs (C(OH)–C–C–N with tert-alkyl or cyclic N) is 1. The summed E-state index contributed by atoms with van der Waals surface area (Å²) < 4.78 is 59.7. The number of nitrogens with one attached hydrogen (secondary N) is 2. The second kappa shape index (κ2) is 24.3. The van der Waals surface area contributed by atoms with E-state index < -0.39 is 151 Å². The number of alkyl carbamates (subject to hydrolysis) is 1. The zero-order chi connectivity index (χ0) is 55.4. The number of amides is 4. The Morgan fingerprint density at radius 3 is 1.91 bits per heavy atom. The van der Waals surface area contributed by atoms with Gasteiger partial charge in [0.1, 0.15) is 46.8 Å². The molecule has 0 radical (unpaired) electrons. The highest BCUT2D eigenvalue weighted by molar-refractivity contribution is 5.89. The van der Waals surface area contributed by atoms with Crippen molar-refractivity contribution < 1.29 is 91.8 Å². The minimum atomic E-state index is -2.12. The first-order valence-corrected chi connectivity index (χ1v) is 26.1. The Bertz CT molecular complexity index is 1900. The number of likely N-dealkylation sites (tertiary alicyclic amines) is 1. The Kier molecular flexibility index (Phi) is 20.1. The lowest BCUT2D eigenvalue weighted by molar-refractivity contribution is -0.318. The van der Waals surface area contributed by atoms with Crippen molar-refractivity contribution in [2.45, 2.75) is 237 Å². The van der Waals surface area contributed by atoms with Crippen LogP contribution in [0.5, 0.6) is 0 Å². The Morgan fingerprint density at radius 1 is 0.730 bits per heavy atom. The van der Waals surface area contributed by atoms with Gasteiger partial charge in [-0.1, -0.05) is 6.92 Å². The highest BCUT2D eigenvalue weighted by atomic mass is 16.7. The summed E-state index contributed by atoms with van der Waals surface area (Å²) in [6.07, 6.45) is -9.29. The van der Waals surface area contributed by atoms with E-state index in [1.54, 1.807) is 83.1 Å². The molecule has 1 saturated carbocycles. The van der Waals surface area contributed by atoms with Crippen LogP contribution in [0.4, 0.5) is 14.4 Å². The standard InChI is InChI=1S/C51H88N4O19/c1-29-18-19-30(25-54(44(61)73-48(8,9)10)20-22-66-35-17-15-16-21-65-35)68-40(29)69-39-33(53-43(60)72-47(5,6)7)24-32(52-42(59)51(64)26-55(27-51)45(62)74-49(11,12)13)38(37(39)58)70-41-36(57)31(50(14,63)28-67-41)23-34(56)71-46(2,3)4/h29-33,35-41,57-58,63-64H,15-28H2,1-14H3,(H,52,59)(H,53,60)/t29?,30-,31+,32+,33-,35?,36?,37?,38?,39?,40+,41+,50?/m0/s1. The number of nitrogens with zero attached hydrogens (tertiary/aromatic N) is 2. The number of carbonyl (C=O) groups is 5. The normalized spacial score (nSPS) is 32.8. The van der Waals surface area contributed by atoms with Crippen molar-refractivity contribution in [3.63, 3.8) is 0 Å². The summed E-state index contributed by atoms with van der Waals surface area (Å²) in [4.78, 5) is 70.0. The Balaban J connectivity index is 1.44. The quantitative estimate of drug-likeness (QED) is 0.101.